The Hall–Kier alpha value is -3.76. The van der Waals surface area contributed by atoms with E-state index in [0.29, 0.717) is 17.3 Å². The fourth-order valence-electron chi connectivity index (χ4n) is 3.28. The fourth-order valence-corrected chi connectivity index (χ4v) is 3.45. The van der Waals surface area contributed by atoms with Crippen LogP contribution < -0.4 is 16.0 Å². The molecule has 0 aromatic heterocycles. The average Bonchev–Trinajstić information content (AvgIpc) is 2.80. The van der Waals surface area contributed by atoms with Gasteiger partial charge in [0.05, 0.1) is 5.56 Å². The Balaban J connectivity index is 1.60. The van der Waals surface area contributed by atoms with E-state index in [4.69, 9.17) is 17.3 Å². The van der Waals surface area contributed by atoms with Gasteiger partial charge in [0.25, 0.3) is 0 Å². The maximum atomic E-state index is 9.40. The highest BCUT2D eigenvalue weighted by molar-refractivity contribution is 6.31. The van der Waals surface area contributed by atoms with Gasteiger partial charge in [-0.1, -0.05) is 41.9 Å². The van der Waals surface area contributed by atoms with E-state index in [-0.39, 0.29) is 5.75 Å². The van der Waals surface area contributed by atoms with Crippen LogP contribution in [0.4, 0.5) is 17.1 Å². The smallest absolute Gasteiger partial charge is 0.220 e. The van der Waals surface area contributed by atoms with Gasteiger partial charge in [0.15, 0.2) is 0 Å². The molecule has 0 bridgehead atoms. The molecule has 154 valence electrons. The molecule has 0 aliphatic heterocycles. The normalized spacial score (nSPS) is 11.3. The molecule has 4 aromatic carbocycles. The van der Waals surface area contributed by atoms with Gasteiger partial charge in [-0.25, -0.2) is 4.99 Å². The van der Waals surface area contributed by atoms with Gasteiger partial charge in [-0.15, -0.1) is 0 Å². The zero-order chi connectivity index (χ0) is 21.6. The molecule has 0 amide bonds. The van der Waals surface area contributed by atoms with Crippen LogP contribution in [0.2, 0.25) is 5.02 Å². The van der Waals surface area contributed by atoms with Crippen molar-refractivity contribution in [1.82, 2.24) is 0 Å². The van der Waals surface area contributed by atoms with Crippen LogP contribution in [-0.4, -0.2) is 10.8 Å². The largest absolute Gasteiger partial charge is 0.508 e. The third-order valence-corrected chi connectivity index (χ3v) is 5.17. The molecule has 0 aliphatic carbocycles. The van der Waals surface area contributed by atoms with E-state index in [0.717, 1.165) is 33.8 Å². The second-order valence-electron chi connectivity index (χ2n) is 7.19. The van der Waals surface area contributed by atoms with Gasteiger partial charge in [0.2, 0.25) is 11.4 Å². The second-order valence-corrected chi connectivity index (χ2v) is 7.63. The Morgan fingerprint density at radius 2 is 1.58 bits per heavy atom. The predicted octanol–water partition coefficient (Wildman–Crippen LogP) is 4.49. The molecule has 5 heteroatoms. The fraction of sp³-hybridized carbons (Fsp3) is 0.0385. The number of halogens is 1. The summed E-state index contributed by atoms with van der Waals surface area (Å²) in [5, 5.41) is 13.4. The van der Waals surface area contributed by atoms with Gasteiger partial charge in [-0.2, -0.15) is 0 Å². The van der Waals surface area contributed by atoms with Crippen molar-refractivity contribution in [1.29, 1.82) is 0 Å². The first kappa shape index (κ1) is 20.5. The summed E-state index contributed by atoms with van der Waals surface area (Å²) in [4.78, 5) is 3.51. The zero-order valence-electron chi connectivity index (χ0n) is 16.8. The number of hydrogen-bond acceptors (Lipinski definition) is 3. The lowest BCUT2D eigenvalue weighted by atomic mass is 10.0. The molecule has 4 aromatic rings. The topological polar surface area (TPSA) is 72.2 Å². The second kappa shape index (κ2) is 9.37. The van der Waals surface area contributed by atoms with E-state index in [1.807, 2.05) is 78.9 Å². The van der Waals surface area contributed by atoms with Crippen LogP contribution in [0.25, 0.3) is 0 Å². The molecule has 0 heterocycles. The van der Waals surface area contributed by atoms with Gasteiger partial charge in [-0.3, -0.25) is 0 Å². The lowest BCUT2D eigenvalue weighted by molar-refractivity contribution is -0.352. The molecular weight excluding hydrogens is 406 g/mol. The SMILES string of the molecule is Nc1ccc(Cl)cc1C(=[NH+]c1ccc(NCc2ccc(O)cc2)cc1)c1ccccc1. The lowest BCUT2D eigenvalue weighted by Crippen LogP contribution is -2.67. The van der Waals surface area contributed by atoms with Crippen molar-refractivity contribution in [3.63, 3.8) is 0 Å². The Labute approximate surface area is 186 Å². The molecule has 5 N–H and O–H groups in total. The van der Waals surface area contributed by atoms with Gasteiger partial charge < -0.3 is 16.2 Å². The number of nitrogen functional groups attached to an aromatic ring is 1. The highest BCUT2D eigenvalue weighted by atomic mass is 35.5. The number of nitrogens with one attached hydrogen (secondary N) is 2. The third-order valence-electron chi connectivity index (χ3n) is 4.93. The summed E-state index contributed by atoms with van der Waals surface area (Å²) in [6.07, 6.45) is 0. The highest BCUT2D eigenvalue weighted by Gasteiger charge is 2.17. The van der Waals surface area contributed by atoms with Crippen LogP contribution in [0, 0.1) is 0 Å². The minimum atomic E-state index is 0.269. The van der Waals surface area contributed by atoms with E-state index in [1.54, 1.807) is 18.2 Å². The number of phenolic OH excluding ortho intramolecular Hbond substituents is 1. The summed E-state index contributed by atoms with van der Waals surface area (Å²) >= 11 is 6.25. The summed E-state index contributed by atoms with van der Waals surface area (Å²) in [5.41, 5.74) is 12.7. The minimum Gasteiger partial charge on any atom is -0.508 e. The van der Waals surface area contributed by atoms with Crippen molar-refractivity contribution in [2.45, 2.75) is 6.54 Å². The lowest BCUT2D eigenvalue weighted by Gasteiger charge is -2.08. The molecule has 0 saturated heterocycles. The molecule has 0 radical (unpaired) electrons. The van der Waals surface area contributed by atoms with Crippen molar-refractivity contribution in [2.75, 3.05) is 11.1 Å². The van der Waals surface area contributed by atoms with E-state index in [1.165, 1.54) is 0 Å². The van der Waals surface area contributed by atoms with E-state index in [9.17, 15) is 5.11 Å². The Bertz CT molecular complexity index is 1190. The molecule has 0 saturated carbocycles. The minimum absolute atomic E-state index is 0.269. The highest BCUT2D eigenvalue weighted by Crippen LogP contribution is 2.21. The standard InChI is InChI=1S/C26H22ClN3O/c27-20-8-15-25(28)24(16-20)26(19-4-2-1-3-5-19)30-22-11-9-21(10-12-22)29-17-18-6-13-23(31)14-7-18/h1-16,29,31H,17,28H2/p+1. The first-order chi connectivity index (χ1) is 15.1. The van der Waals surface area contributed by atoms with Gasteiger partial charge in [0, 0.05) is 40.6 Å². The molecule has 0 fully saturated rings. The zero-order valence-corrected chi connectivity index (χ0v) is 17.6. The maximum absolute atomic E-state index is 9.40. The molecule has 0 spiro atoms. The van der Waals surface area contributed by atoms with Crippen LogP contribution in [0.5, 0.6) is 5.75 Å². The first-order valence-electron chi connectivity index (χ1n) is 9.95. The van der Waals surface area contributed by atoms with Gasteiger partial charge >= 0.3 is 0 Å². The summed E-state index contributed by atoms with van der Waals surface area (Å²) < 4.78 is 0. The molecule has 4 rings (SSSR count). The summed E-state index contributed by atoms with van der Waals surface area (Å²) in [6, 6.07) is 30.8. The first-order valence-corrected chi connectivity index (χ1v) is 10.3. The van der Waals surface area contributed by atoms with Crippen molar-refractivity contribution >= 4 is 34.4 Å². The monoisotopic (exact) mass is 428 g/mol. The van der Waals surface area contributed by atoms with Gasteiger partial charge in [0.1, 0.15) is 5.75 Å². The van der Waals surface area contributed by atoms with Gasteiger partial charge in [-0.05, 0) is 60.2 Å². The van der Waals surface area contributed by atoms with Crippen molar-refractivity contribution in [3.05, 3.63) is 119 Å². The quantitative estimate of drug-likeness (QED) is 0.270. The molecule has 31 heavy (non-hydrogen) atoms. The van der Waals surface area contributed by atoms with E-state index >= 15 is 0 Å². The van der Waals surface area contributed by atoms with Crippen LogP contribution >= 0.6 is 11.6 Å². The number of phenols is 1. The number of hydrogen-bond donors (Lipinski definition) is 4. The third kappa shape index (κ3) is 5.24. The summed E-state index contributed by atoms with van der Waals surface area (Å²) in [6.45, 7) is 0.674. The summed E-state index contributed by atoms with van der Waals surface area (Å²) in [5.74, 6) is 0.269. The molecular formula is C26H23ClN3O+. The number of nitrogens with two attached hydrogens (primary N) is 1. The number of anilines is 2. The Morgan fingerprint density at radius 3 is 2.29 bits per heavy atom. The van der Waals surface area contributed by atoms with Crippen LogP contribution in [0.1, 0.15) is 16.7 Å². The maximum Gasteiger partial charge on any atom is 0.220 e. The van der Waals surface area contributed by atoms with E-state index in [2.05, 4.69) is 10.3 Å². The summed E-state index contributed by atoms with van der Waals surface area (Å²) in [7, 11) is 0. The Morgan fingerprint density at radius 1 is 0.871 bits per heavy atom. The number of aromatic hydroxyl groups is 1. The predicted molar refractivity (Wildman–Crippen MR) is 128 cm³/mol. The molecule has 0 unspecified atom stereocenters. The number of rotatable bonds is 6. The molecule has 0 atom stereocenters. The molecule has 0 aliphatic rings. The Kier molecular flexibility index (Phi) is 6.20. The molecule has 4 nitrogen and oxygen atoms in total. The number of benzene rings is 4. The van der Waals surface area contributed by atoms with Crippen molar-refractivity contribution in [2.24, 2.45) is 0 Å². The van der Waals surface area contributed by atoms with Crippen molar-refractivity contribution in [3.8, 4) is 5.75 Å². The van der Waals surface area contributed by atoms with Crippen LogP contribution in [0.15, 0.2) is 97.1 Å². The average molecular weight is 429 g/mol. The van der Waals surface area contributed by atoms with E-state index < -0.39 is 0 Å². The van der Waals surface area contributed by atoms with Crippen LogP contribution in [-0.2, 0) is 6.54 Å². The van der Waals surface area contributed by atoms with Crippen molar-refractivity contribution < 1.29 is 10.1 Å². The van der Waals surface area contributed by atoms with Crippen LogP contribution in [0.3, 0.4) is 0 Å².